The molecule has 0 heterocycles. The van der Waals surface area contributed by atoms with Crippen molar-refractivity contribution < 1.29 is 0 Å². The molecule has 0 nitrogen and oxygen atoms in total. The van der Waals surface area contributed by atoms with Crippen LogP contribution in [0.25, 0.3) is 0 Å². The highest BCUT2D eigenvalue weighted by Gasteiger charge is 2.35. The van der Waals surface area contributed by atoms with Crippen LogP contribution in [-0.2, 0) is 6.16 Å². The van der Waals surface area contributed by atoms with Crippen molar-refractivity contribution in [2.45, 2.75) is 143 Å². The summed E-state index contributed by atoms with van der Waals surface area (Å²) in [6.45, 7) is 6.99. The monoisotopic (exact) mass is 495 g/mol. The fraction of sp³-hybridized carbons (Fsp3) is 0.806. The van der Waals surface area contributed by atoms with E-state index in [4.69, 9.17) is 0 Å². The molecule has 0 fully saturated rings. The van der Waals surface area contributed by atoms with Crippen molar-refractivity contribution in [1.82, 2.24) is 0 Å². The molecule has 1 atom stereocenters. The fourth-order valence-corrected chi connectivity index (χ4v) is 10.0. The highest BCUT2D eigenvalue weighted by Crippen LogP contribution is 2.63. The molecule has 33 heavy (non-hydrogen) atoms. The van der Waals surface area contributed by atoms with Crippen LogP contribution in [0.5, 0.6) is 0 Å². The van der Waals surface area contributed by atoms with E-state index in [-0.39, 0.29) is 9.90 Å². The Balaban J connectivity index is 0.0000102. The topological polar surface area (TPSA) is 0 Å². The van der Waals surface area contributed by atoms with Gasteiger partial charge in [-0.05, 0) is 44.1 Å². The Hall–Kier alpha value is 0.0800. The van der Waals surface area contributed by atoms with Crippen molar-refractivity contribution in [2.24, 2.45) is 0 Å². The Morgan fingerprint density at radius 2 is 0.788 bits per heavy atom. The summed E-state index contributed by atoms with van der Waals surface area (Å²) in [5.41, 5.74) is 1.63. The minimum atomic E-state index is -0.885. The van der Waals surface area contributed by atoms with Gasteiger partial charge >= 0.3 is 0 Å². The second-order valence-corrected chi connectivity index (χ2v) is 14.8. The molecule has 194 valence electrons. The van der Waals surface area contributed by atoms with Gasteiger partial charge in [0.1, 0.15) is 0 Å². The molecule has 1 rings (SSSR count). The zero-order valence-corrected chi connectivity index (χ0v) is 25.4. The molecular weight excluding hydrogens is 434 g/mol. The van der Waals surface area contributed by atoms with E-state index in [0.717, 1.165) is 0 Å². The normalized spacial score (nSPS) is 11.5. The van der Waals surface area contributed by atoms with E-state index in [9.17, 15) is 0 Å². The van der Waals surface area contributed by atoms with Crippen molar-refractivity contribution in [3.8, 4) is 0 Å². The van der Waals surface area contributed by atoms with Gasteiger partial charge in [-0.15, -0.1) is 0 Å². The largest absolute Gasteiger partial charge is 0.153 e. The third-order valence-electron chi connectivity index (χ3n) is 7.32. The third kappa shape index (κ3) is 18.1. The third-order valence-corrected chi connectivity index (χ3v) is 12.1. The summed E-state index contributed by atoms with van der Waals surface area (Å²) in [7, 11) is -0.885. The van der Waals surface area contributed by atoms with Gasteiger partial charge in [0.2, 0.25) is 0 Å². The molecule has 0 aliphatic rings. The van der Waals surface area contributed by atoms with Gasteiger partial charge in [0.25, 0.3) is 0 Å². The number of rotatable bonds is 23. The first-order valence-electron chi connectivity index (χ1n) is 14.7. The standard InChI is InChI=1S/C31H58P.H3P/c1-4-7-10-13-16-22-27-32(28-23-17-14-11-8-5-2,29-24-18-15-12-9-6-3)30-31-25-20-19-21-26-31;/h19-21,25-26H,4-18,22-24,27-30H2,1-3H3;1H3/q+1;. The van der Waals surface area contributed by atoms with Gasteiger partial charge in [0, 0.05) is 7.26 Å². The maximum Gasteiger partial charge on any atom is 0.0842 e. The van der Waals surface area contributed by atoms with E-state index in [2.05, 4.69) is 51.1 Å². The molecule has 0 spiro atoms. The zero-order chi connectivity index (χ0) is 23.2. The Labute approximate surface area is 213 Å². The van der Waals surface area contributed by atoms with Crippen LogP contribution < -0.4 is 0 Å². The first-order valence-corrected chi connectivity index (χ1v) is 17.2. The van der Waals surface area contributed by atoms with E-state index in [1.807, 2.05) is 0 Å². The highest BCUT2D eigenvalue weighted by atomic mass is 31.2. The predicted octanol–water partition coefficient (Wildman–Crippen LogP) is 11.3. The Morgan fingerprint density at radius 3 is 1.15 bits per heavy atom. The predicted molar refractivity (Wildman–Crippen MR) is 163 cm³/mol. The summed E-state index contributed by atoms with van der Waals surface area (Å²) < 4.78 is 0. The lowest BCUT2D eigenvalue weighted by Crippen LogP contribution is -2.12. The Bertz CT molecular complexity index is 458. The van der Waals surface area contributed by atoms with Crippen molar-refractivity contribution in [3.63, 3.8) is 0 Å². The number of hydrogen-bond acceptors (Lipinski definition) is 0. The average Bonchev–Trinajstić information content (AvgIpc) is 2.81. The minimum absolute atomic E-state index is 0. The van der Waals surface area contributed by atoms with Crippen LogP contribution in [-0.4, -0.2) is 18.5 Å². The minimum Gasteiger partial charge on any atom is -0.153 e. The lowest BCUT2D eigenvalue weighted by molar-refractivity contribution is 0.615. The average molecular weight is 496 g/mol. The summed E-state index contributed by atoms with van der Waals surface area (Å²) in [6, 6.07) is 11.6. The van der Waals surface area contributed by atoms with Gasteiger partial charge in [0.05, 0.1) is 24.6 Å². The number of benzene rings is 1. The van der Waals surface area contributed by atoms with Gasteiger partial charge in [-0.25, -0.2) is 0 Å². The summed E-state index contributed by atoms with van der Waals surface area (Å²) in [5, 5.41) is 0. The molecule has 0 saturated heterocycles. The van der Waals surface area contributed by atoms with E-state index < -0.39 is 7.26 Å². The maximum absolute atomic E-state index is 2.42. The smallest absolute Gasteiger partial charge is 0.0842 e. The van der Waals surface area contributed by atoms with Crippen LogP contribution >= 0.6 is 17.2 Å². The van der Waals surface area contributed by atoms with Crippen molar-refractivity contribution in [3.05, 3.63) is 35.9 Å². The Morgan fingerprint density at radius 1 is 0.455 bits per heavy atom. The lowest BCUT2D eigenvalue weighted by Gasteiger charge is -2.28. The second-order valence-electron chi connectivity index (χ2n) is 10.5. The molecular formula is C31H61P2+. The molecule has 1 aromatic carbocycles. The molecule has 0 saturated carbocycles. The van der Waals surface area contributed by atoms with Crippen LogP contribution in [0, 0.1) is 0 Å². The molecule has 0 aliphatic carbocycles. The molecule has 0 aliphatic heterocycles. The van der Waals surface area contributed by atoms with Gasteiger partial charge in [-0.2, -0.15) is 9.90 Å². The maximum atomic E-state index is 2.42. The highest BCUT2D eigenvalue weighted by molar-refractivity contribution is 7.75. The zero-order valence-electron chi connectivity index (χ0n) is 23.1. The van der Waals surface area contributed by atoms with Gasteiger partial charge in [-0.1, -0.05) is 128 Å². The van der Waals surface area contributed by atoms with Crippen LogP contribution in [0.1, 0.15) is 142 Å². The summed E-state index contributed by atoms with van der Waals surface area (Å²) >= 11 is 0. The number of hydrogen-bond donors (Lipinski definition) is 0. The molecule has 0 N–H and O–H groups in total. The van der Waals surface area contributed by atoms with Crippen molar-refractivity contribution in [2.75, 3.05) is 18.5 Å². The van der Waals surface area contributed by atoms with Crippen LogP contribution in [0.15, 0.2) is 30.3 Å². The second kappa shape index (κ2) is 23.8. The Kier molecular flexibility index (Phi) is 23.9. The van der Waals surface area contributed by atoms with Crippen molar-refractivity contribution >= 4 is 17.2 Å². The first-order chi connectivity index (χ1) is 15.8. The van der Waals surface area contributed by atoms with Gasteiger partial charge < -0.3 is 0 Å². The molecule has 0 aromatic heterocycles. The molecule has 0 bridgehead atoms. The molecule has 1 aromatic rings. The molecule has 2 heteroatoms. The molecule has 1 unspecified atom stereocenters. The SMILES string of the molecule is CCCCCCCC[P+](CCCCCCCC)(CCCCCCCC)Cc1ccccc1.P. The molecule has 0 amide bonds. The summed E-state index contributed by atoms with van der Waals surface area (Å²) in [4.78, 5) is 0. The van der Waals surface area contributed by atoms with Crippen LogP contribution in [0.2, 0.25) is 0 Å². The van der Waals surface area contributed by atoms with Gasteiger partial charge in [-0.3, -0.25) is 0 Å². The number of unbranched alkanes of at least 4 members (excludes halogenated alkanes) is 15. The van der Waals surface area contributed by atoms with Crippen molar-refractivity contribution in [1.29, 1.82) is 0 Å². The lowest BCUT2D eigenvalue weighted by atomic mass is 10.1. The van der Waals surface area contributed by atoms with E-state index >= 15 is 0 Å². The van der Waals surface area contributed by atoms with Crippen LogP contribution in [0.3, 0.4) is 0 Å². The van der Waals surface area contributed by atoms with E-state index in [1.165, 1.54) is 122 Å². The summed E-state index contributed by atoms with van der Waals surface area (Å²) in [6.07, 6.45) is 32.2. The van der Waals surface area contributed by atoms with E-state index in [1.54, 1.807) is 24.0 Å². The quantitative estimate of drug-likeness (QED) is 0.105. The van der Waals surface area contributed by atoms with Gasteiger partial charge in [0.15, 0.2) is 0 Å². The molecule has 0 radical (unpaired) electrons. The fourth-order valence-electron chi connectivity index (χ4n) is 5.23. The summed E-state index contributed by atoms with van der Waals surface area (Å²) in [5.74, 6) is 0. The first kappa shape index (κ1) is 33.1. The van der Waals surface area contributed by atoms with E-state index in [0.29, 0.717) is 0 Å². The van der Waals surface area contributed by atoms with Crippen LogP contribution in [0.4, 0.5) is 0 Å².